The van der Waals surface area contributed by atoms with Crippen LogP contribution >= 0.6 is 0 Å². The van der Waals surface area contributed by atoms with Crippen LogP contribution in [0.25, 0.3) is 0 Å². The maximum Gasteiger partial charge on any atom is 0.404 e. The standard InChI is InChI=1S/C13H16N2O5/c1-2-8-3-5-9(6-4-8)11(16)15-10(12(17)18)7-14-13(19)20/h3-6,10,14H,2,7H2,1H3,(H,15,16)(H,17,18)(H,19,20)/t10-/m0/s1/i1D. The molecule has 7 heteroatoms. The van der Waals surface area contributed by atoms with Gasteiger partial charge in [0, 0.05) is 6.93 Å². The lowest BCUT2D eigenvalue weighted by atomic mass is 10.1. The number of carbonyl (C=O) groups is 3. The Bertz CT molecular complexity index is 518. The molecule has 1 rings (SSSR count). The highest BCUT2D eigenvalue weighted by molar-refractivity contribution is 5.96. The number of carbonyl (C=O) groups excluding carboxylic acids is 1. The van der Waals surface area contributed by atoms with Crippen LogP contribution in [0.2, 0.25) is 0 Å². The molecule has 0 aliphatic heterocycles. The quantitative estimate of drug-likeness (QED) is 0.612. The topological polar surface area (TPSA) is 116 Å². The van der Waals surface area contributed by atoms with E-state index in [2.05, 4.69) is 5.32 Å². The van der Waals surface area contributed by atoms with Gasteiger partial charge in [0.15, 0.2) is 0 Å². The van der Waals surface area contributed by atoms with Crippen molar-refractivity contribution in [3.05, 3.63) is 35.4 Å². The smallest absolute Gasteiger partial charge is 0.404 e. The number of hydrogen-bond acceptors (Lipinski definition) is 3. The van der Waals surface area contributed by atoms with Crippen molar-refractivity contribution in [3.63, 3.8) is 0 Å². The number of carboxylic acids is 1. The van der Waals surface area contributed by atoms with E-state index in [-0.39, 0.29) is 12.5 Å². The second-order valence-corrected chi connectivity index (χ2v) is 4.00. The van der Waals surface area contributed by atoms with Gasteiger partial charge in [-0.1, -0.05) is 19.0 Å². The molecule has 0 aromatic heterocycles. The molecule has 0 aliphatic rings. The van der Waals surface area contributed by atoms with E-state index in [1.54, 1.807) is 12.1 Å². The predicted octanol–water partition coefficient (Wildman–Crippen LogP) is 0.700. The van der Waals surface area contributed by atoms with Crippen molar-refractivity contribution in [3.8, 4) is 0 Å². The van der Waals surface area contributed by atoms with Crippen LogP contribution in [-0.4, -0.2) is 40.8 Å². The first kappa shape index (κ1) is 13.9. The molecule has 0 unspecified atom stereocenters. The van der Waals surface area contributed by atoms with E-state index < -0.39 is 30.6 Å². The van der Waals surface area contributed by atoms with Gasteiger partial charge < -0.3 is 20.8 Å². The van der Waals surface area contributed by atoms with E-state index in [0.717, 1.165) is 5.56 Å². The Labute approximate surface area is 117 Å². The lowest BCUT2D eigenvalue weighted by molar-refractivity contribution is -0.139. The zero-order chi connectivity index (χ0) is 15.8. The summed E-state index contributed by atoms with van der Waals surface area (Å²) in [6.07, 6.45) is -0.794. The van der Waals surface area contributed by atoms with Crippen LogP contribution in [0.4, 0.5) is 4.79 Å². The fourth-order valence-corrected chi connectivity index (χ4v) is 1.45. The molecule has 4 N–H and O–H groups in total. The van der Waals surface area contributed by atoms with E-state index >= 15 is 0 Å². The predicted molar refractivity (Wildman–Crippen MR) is 70.7 cm³/mol. The summed E-state index contributed by atoms with van der Waals surface area (Å²) in [5.41, 5.74) is 1.18. The zero-order valence-corrected chi connectivity index (χ0v) is 10.6. The van der Waals surface area contributed by atoms with Gasteiger partial charge in [-0.25, -0.2) is 9.59 Å². The number of aliphatic carboxylic acids is 1. The van der Waals surface area contributed by atoms with Crippen LogP contribution in [0.1, 0.15) is 24.2 Å². The second kappa shape index (κ2) is 7.13. The molecule has 0 spiro atoms. The molecule has 1 aromatic carbocycles. The van der Waals surface area contributed by atoms with Crippen LogP contribution in [-0.2, 0) is 11.2 Å². The maximum absolute atomic E-state index is 11.9. The van der Waals surface area contributed by atoms with Gasteiger partial charge in [0.1, 0.15) is 6.04 Å². The summed E-state index contributed by atoms with van der Waals surface area (Å²) < 4.78 is 7.10. The van der Waals surface area contributed by atoms with Crippen molar-refractivity contribution >= 4 is 18.0 Å². The zero-order valence-electron chi connectivity index (χ0n) is 11.6. The van der Waals surface area contributed by atoms with Crippen molar-refractivity contribution in [1.82, 2.24) is 10.6 Å². The van der Waals surface area contributed by atoms with Crippen molar-refractivity contribution in [2.45, 2.75) is 19.4 Å². The SMILES string of the molecule is [2H]CCc1ccc(C(=O)N[C@@H](CNC(=O)O)C(=O)O)cc1. The fourth-order valence-electron chi connectivity index (χ4n) is 1.45. The van der Waals surface area contributed by atoms with Gasteiger partial charge in [0.2, 0.25) is 0 Å². The summed E-state index contributed by atoms with van der Waals surface area (Å²) in [6, 6.07) is 5.10. The van der Waals surface area contributed by atoms with Crippen molar-refractivity contribution in [2.24, 2.45) is 0 Å². The number of benzene rings is 1. The largest absolute Gasteiger partial charge is 0.480 e. The van der Waals surface area contributed by atoms with Crippen LogP contribution in [0.3, 0.4) is 0 Å². The summed E-state index contributed by atoms with van der Waals surface area (Å²) in [4.78, 5) is 33.2. The Balaban J connectivity index is 2.67. The highest BCUT2D eigenvalue weighted by Crippen LogP contribution is 2.05. The first-order valence-corrected chi connectivity index (χ1v) is 5.82. The molecular formula is C13H16N2O5. The molecule has 0 saturated carbocycles. The molecule has 2 amide bonds. The van der Waals surface area contributed by atoms with Gasteiger partial charge in [0.25, 0.3) is 5.91 Å². The highest BCUT2D eigenvalue weighted by atomic mass is 16.4. The summed E-state index contributed by atoms with van der Waals surface area (Å²) in [5, 5.41) is 21.5. The molecule has 1 atom stereocenters. The van der Waals surface area contributed by atoms with Gasteiger partial charge in [-0.05, 0) is 24.1 Å². The van der Waals surface area contributed by atoms with E-state index in [9.17, 15) is 14.4 Å². The number of rotatable bonds is 6. The average Bonchev–Trinajstić information content (AvgIpc) is 2.43. The lowest BCUT2D eigenvalue weighted by Crippen LogP contribution is -2.48. The first-order chi connectivity index (χ1) is 9.93. The van der Waals surface area contributed by atoms with Crippen LogP contribution < -0.4 is 10.6 Å². The van der Waals surface area contributed by atoms with Crippen molar-refractivity contribution in [1.29, 1.82) is 0 Å². The molecule has 0 fully saturated rings. The van der Waals surface area contributed by atoms with E-state index in [1.165, 1.54) is 12.1 Å². The number of amides is 2. The normalized spacial score (nSPS) is 12.1. The Morgan fingerprint density at radius 1 is 1.25 bits per heavy atom. The molecule has 108 valence electrons. The van der Waals surface area contributed by atoms with Crippen molar-refractivity contribution < 1.29 is 26.0 Å². The fraction of sp³-hybridized carbons (Fsp3) is 0.308. The summed E-state index contributed by atoms with van der Waals surface area (Å²) >= 11 is 0. The average molecular weight is 281 g/mol. The molecule has 0 heterocycles. The van der Waals surface area contributed by atoms with Gasteiger partial charge in [-0.3, -0.25) is 4.79 Å². The van der Waals surface area contributed by atoms with Crippen molar-refractivity contribution in [2.75, 3.05) is 6.54 Å². The lowest BCUT2D eigenvalue weighted by Gasteiger charge is -2.14. The Kier molecular flexibility index (Phi) is 4.94. The van der Waals surface area contributed by atoms with Crippen LogP contribution in [0.15, 0.2) is 24.3 Å². The third kappa shape index (κ3) is 4.60. The number of hydrogen-bond donors (Lipinski definition) is 4. The molecule has 0 radical (unpaired) electrons. The van der Waals surface area contributed by atoms with E-state index in [4.69, 9.17) is 11.6 Å². The Morgan fingerprint density at radius 3 is 2.40 bits per heavy atom. The minimum atomic E-state index is -1.37. The first-order valence-electron chi connectivity index (χ1n) is 6.53. The van der Waals surface area contributed by atoms with Crippen LogP contribution in [0.5, 0.6) is 0 Å². The van der Waals surface area contributed by atoms with E-state index in [0.29, 0.717) is 6.42 Å². The Hall–Kier alpha value is -2.57. The summed E-state index contributed by atoms with van der Waals surface area (Å²) in [6.45, 7) is -0.180. The third-order valence-corrected chi connectivity index (χ3v) is 2.57. The molecule has 7 nitrogen and oxygen atoms in total. The van der Waals surface area contributed by atoms with E-state index in [1.807, 2.05) is 5.32 Å². The monoisotopic (exact) mass is 281 g/mol. The second-order valence-electron chi connectivity index (χ2n) is 4.00. The third-order valence-electron chi connectivity index (χ3n) is 2.57. The summed E-state index contributed by atoms with van der Waals surface area (Å²) in [5.74, 6) is -1.94. The molecule has 1 aromatic rings. The van der Waals surface area contributed by atoms with Gasteiger partial charge in [0.05, 0.1) is 6.54 Å². The number of aryl methyl sites for hydroxylation is 1. The molecule has 0 saturated heterocycles. The minimum absolute atomic E-state index is 0.244. The van der Waals surface area contributed by atoms with Gasteiger partial charge in [-0.2, -0.15) is 0 Å². The Morgan fingerprint density at radius 2 is 1.90 bits per heavy atom. The number of carboxylic acid groups (broad SMARTS) is 2. The molecular weight excluding hydrogens is 264 g/mol. The maximum atomic E-state index is 11.9. The summed E-state index contributed by atoms with van der Waals surface area (Å²) in [7, 11) is 0. The number of nitrogens with one attached hydrogen (secondary N) is 2. The van der Waals surface area contributed by atoms with Gasteiger partial charge in [-0.15, -0.1) is 0 Å². The minimum Gasteiger partial charge on any atom is -0.480 e. The molecule has 20 heavy (non-hydrogen) atoms. The highest BCUT2D eigenvalue weighted by Gasteiger charge is 2.21. The van der Waals surface area contributed by atoms with Gasteiger partial charge >= 0.3 is 12.1 Å². The van der Waals surface area contributed by atoms with Crippen LogP contribution in [0, 0.1) is 0 Å². The molecule has 0 aliphatic carbocycles. The molecule has 0 bridgehead atoms.